The van der Waals surface area contributed by atoms with E-state index in [1.165, 1.54) is 11.3 Å². The van der Waals surface area contributed by atoms with Crippen molar-refractivity contribution in [2.24, 2.45) is 0 Å². The zero-order valence-corrected chi connectivity index (χ0v) is 18.9. The van der Waals surface area contributed by atoms with Crippen LogP contribution in [0.15, 0.2) is 42.6 Å². The number of carbonyl (C=O) groups is 1. The maximum absolute atomic E-state index is 12.0. The van der Waals surface area contributed by atoms with Crippen molar-refractivity contribution in [2.45, 2.75) is 32.1 Å². The molecule has 2 unspecified atom stereocenters. The number of aromatic nitrogens is 1. The number of hydrogen-bond acceptors (Lipinski definition) is 4. The summed E-state index contributed by atoms with van der Waals surface area (Å²) in [5.74, 6) is 1.88. The van der Waals surface area contributed by atoms with E-state index < -0.39 is 31.4 Å². The van der Waals surface area contributed by atoms with Crippen LogP contribution < -0.4 is 4.31 Å². The number of carboxylic acid groups (broad SMARTS) is 1. The van der Waals surface area contributed by atoms with Gasteiger partial charge >= 0.3 is 5.97 Å². The van der Waals surface area contributed by atoms with Crippen molar-refractivity contribution >= 4 is 52.6 Å². The van der Waals surface area contributed by atoms with Crippen LogP contribution in [0.25, 0.3) is 10.9 Å². The quantitative estimate of drug-likeness (QED) is 0.343. The highest BCUT2D eigenvalue weighted by molar-refractivity contribution is 7.81. The molecule has 9 heteroatoms. The molecule has 2 atom stereocenters. The number of hydrogen-bond donors (Lipinski definition) is 2. The van der Waals surface area contributed by atoms with Crippen molar-refractivity contribution < 1.29 is 18.7 Å². The minimum Gasteiger partial charge on any atom is -0.755 e. The number of para-hydroxylation sites is 1. The van der Waals surface area contributed by atoms with Gasteiger partial charge in [-0.05, 0) is 23.8 Å². The van der Waals surface area contributed by atoms with E-state index in [0.29, 0.717) is 9.88 Å². The average Bonchev–Trinajstić information content (AvgIpc) is 3.26. The van der Waals surface area contributed by atoms with Gasteiger partial charge in [0.25, 0.3) is 0 Å². The monoisotopic (exact) mass is 445 g/mol. The maximum atomic E-state index is 12.0. The molecule has 0 spiro atoms. The molecule has 0 aliphatic rings. The van der Waals surface area contributed by atoms with Crippen molar-refractivity contribution in [1.82, 2.24) is 4.98 Å². The molecule has 2 N–H and O–H groups in total. The number of H-pyrrole nitrogens is 1. The lowest BCUT2D eigenvalue weighted by Crippen LogP contribution is -2.43. The Bertz CT molecular complexity index is 1120. The molecule has 0 amide bonds. The summed E-state index contributed by atoms with van der Waals surface area (Å²) in [5, 5.41) is 11.0. The van der Waals surface area contributed by atoms with E-state index in [-0.39, 0.29) is 6.42 Å². The number of nitrogens with one attached hydrogen (secondary N) is 1. The average molecular weight is 446 g/mol. The Kier molecular flexibility index (Phi) is 6.29. The van der Waals surface area contributed by atoms with Gasteiger partial charge in [0, 0.05) is 34.8 Å². The SMILES string of the molecule is C[Si](C)(C)C#Cc1ccc(N(C(Cc2c[nH]c3ccccc23)C(=O)O)S(=O)[O-])s1. The second kappa shape index (κ2) is 8.55. The minimum atomic E-state index is -2.74. The number of carboxylic acids is 1. The zero-order chi connectivity index (χ0) is 21.2. The molecule has 0 aliphatic heterocycles. The van der Waals surface area contributed by atoms with Crippen molar-refractivity contribution in [1.29, 1.82) is 0 Å². The molecule has 0 aliphatic carbocycles. The molecular formula is C20H21N2O4S2Si-. The third-order valence-corrected chi connectivity index (χ3v) is 6.95. The predicted molar refractivity (Wildman–Crippen MR) is 119 cm³/mol. The van der Waals surface area contributed by atoms with Crippen molar-refractivity contribution in [3.05, 3.63) is 53.0 Å². The Morgan fingerprint density at radius 1 is 1.31 bits per heavy atom. The fourth-order valence-electron chi connectivity index (χ4n) is 2.87. The van der Waals surface area contributed by atoms with E-state index in [0.717, 1.165) is 20.8 Å². The maximum Gasteiger partial charge on any atom is 0.327 e. The fraction of sp³-hybridized carbons (Fsp3) is 0.250. The molecule has 3 aromatic rings. The second-order valence-corrected chi connectivity index (χ2v) is 14.2. The van der Waals surface area contributed by atoms with Gasteiger partial charge < -0.3 is 14.6 Å². The first-order chi connectivity index (χ1) is 13.7. The van der Waals surface area contributed by atoms with E-state index in [1.807, 2.05) is 24.3 Å². The minimum absolute atomic E-state index is 0.0428. The van der Waals surface area contributed by atoms with Crippen LogP contribution in [0.1, 0.15) is 10.4 Å². The lowest BCUT2D eigenvalue weighted by molar-refractivity contribution is -0.138. The van der Waals surface area contributed by atoms with Crippen LogP contribution in [-0.2, 0) is 22.5 Å². The number of aromatic amines is 1. The van der Waals surface area contributed by atoms with Gasteiger partial charge in [-0.1, -0.05) is 43.8 Å². The van der Waals surface area contributed by atoms with Gasteiger partial charge in [-0.15, -0.1) is 16.9 Å². The Labute approximate surface area is 177 Å². The summed E-state index contributed by atoms with van der Waals surface area (Å²) in [7, 11) is -1.58. The molecule has 6 nitrogen and oxygen atoms in total. The number of rotatable bonds is 6. The van der Waals surface area contributed by atoms with E-state index in [4.69, 9.17) is 0 Å². The first-order valence-electron chi connectivity index (χ1n) is 8.95. The Morgan fingerprint density at radius 2 is 2.03 bits per heavy atom. The topological polar surface area (TPSA) is 96.5 Å². The van der Waals surface area contributed by atoms with Crippen LogP contribution in [0.3, 0.4) is 0 Å². The summed E-state index contributed by atoms with van der Waals surface area (Å²) < 4.78 is 24.9. The Hall–Kier alpha value is -2.38. The van der Waals surface area contributed by atoms with E-state index in [9.17, 15) is 18.7 Å². The smallest absolute Gasteiger partial charge is 0.327 e. The van der Waals surface area contributed by atoms with Crippen LogP contribution in [-0.4, -0.2) is 38.9 Å². The number of benzene rings is 1. The number of aliphatic carboxylic acids is 1. The van der Waals surface area contributed by atoms with Gasteiger partial charge in [0.15, 0.2) is 0 Å². The standard InChI is InChI=1S/C20H22N2O4S2Si/c1-29(2,3)11-10-15-8-9-19(27-15)22(28(25)26)18(20(23)24)12-14-13-21-17-7-5-4-6-16(14)17/h4-9,13,18,21H,12H2,1-3H3,(H,23,24)(H,25,26)/p-1. The van der Waals surface area contributed by atoms with Gasteiger partial charge in [0.1, 0.15) is 19.1 Å². The highest BCUT2D eigenvalue weighted by atomic mass is 32.2. The number of fused-ring (bicyclic) bond motifs is 1. The van der Waals surface area contributed by atoms with Gasteiger partial charge in [-0.25, -0.2) is 4.79 Å². The van der Waals surface area contributed by atoms with Crippen molar-refractivity contribution in [2.75, 3.05) is 4.31 Å². The predicted octanol–water partition coefficient (Wildman–Crippen LogP) is 3.75. The Morgan fingerprint density at radius 3 is 2.69 bits per heavy atom. The molecule has 1 aromatic carbocycles. The van der Waals surface area contributed by atoms with Crippen molar-refractivity contribution in [3.8, 4) is 11.5 Å². The van der Waals surface area contributed by atoms with E-state index in [1.54, 1.807) is 18.3 Å². The molecule has 0 saturated heterocycles. The van der Waals surface area contributed by atoms with Crippen molar-refractivity contribution in [3.63, 3.8) is 0 Å². The van der Waals surface area contributed by atoms with Crippen LogP contribution in [0.5, 0.6) is 0 Å². The molecule has 152 valence electrons. The van der Waals surface area contributed by atoms with Crippen LogP contribution in [0.2, 0.25) is 19.6 Å². The number of anilines is 1. The van der Waals surface area contributed by atoms with Crippen LogP contribution in [0.4, 0.5) is 5.00 Å². The van der Waals surface area contributed by atoms with Gasteiger partial charge in [-0.3, -0.25) is 8.51 Å². The summed E-state index contributed by atoms with van der Waals surface area (Å²) in [6, 6.07) is 9.60. The molecule has 0 radical (unpaired) electrons. The molecule has 3 rings (SSSR count). The van der Waals surface area contributed by atoms with Gasteiger partial charge in [0.2, 0.25) is 0 Å². The number of thiophene rings is 1. The molecule has 29 heavy (non-hydrogen) atoms. The largest absolute Gasteiger partial charge is 0.755 e. The third-order valence-electron chi connectivity index (χ3n) is 4.19. The lowest BCUT2D eigenvalue weighted by Gasteiger charge is -2.30. The fourth-order valence-corrected chi connectivity index (χ4v) is 5.16. The first kappa shape index (κ1) is 21.3. The molecule has 2 aromatic heterocycles. The van der Waals surface area contributed by atoms with Crippen LogP contribution >= 0.6 is 11.3 Å². The second-order valence-electron chi connectivity index (χ2n) is 7.60. The summed E-state index contributed by atoms with van der Waals surface area (Å²) in [5.41, 5.74) is 4.86. The third kappa shape index (κ3) is 5.16. The molecule has 0 fully saturated rings. The summed E-state index contributed by atoms with van der Waals surface area (Å²) in [4.78, 5) is 15.8. The zero-order valence-electron chi connectivity index (χ0n) is 16.3. The van der Waals surface area contributed by atoms with E-state index in [2.05, 4.69) is 36.1 Å². The number of nitrogens with zero attached hydrogens (tertiary/aromatic N) is 1. The highest BCUT2D eigenvalue weighted by Crippen LogP contribution is 2.30. The first-order valence-corrected chi connectivity index (χ1v) is 14.3. The van der Waals surface area contributed by atoms with Gasteiger partial charge in [0.05, 0.1) is 4.88 Å². The summed E-state index contributed by atoms with van der Waals surface area (Å²) in [6.07, 6.45) is 1.77. The molecule has 2 heterocycles. The Balaban J connectivity index is 1.95. The van der Waals surface area contributed by atoms with Crippen LogP contribution in [0, 0.1) is 11.5 Å². The summed E-state index contributed by atoms with van der Waals surface area (Å²) >= 11 is -1.56. The van der Waals surface area contributed by atoms with E-state index >= 15 is 0 Å². The normalized spacial score (nSPS) is 13.5. The highest BCUT2D eigenvalue weighted by Gasteiger charge is 2.29. The molecule has 0 bridgehead atoms. The molecule has 0 saturated carbocycles. The van der Waals surface area contributed by atoms with Gasteiger partial charge in [-0.2, -0.15) is 0 Å². The summed E-state index contributed by atoms with van der Waals surface area (Å²) in [6.45, 7) is 6.36. The lowest BCUT2D eigenvalue weighted by atomic mass is 10.1. The molecular weight excluding hydrogens is 424 g/mol.